The van der Waals surface area contributed by atoms with Crippen molar-refractivity contribution in [3.8, 4) is 78.9 Å². The molecule has 0 N–H and O–H groups in total. The summed E-state index contributed by atoms with van der Waals surface area (Å²) in [7, 11) is 0. The van der Waals surface area contributed by atoms with Gasteiger partial charge in [-0.05, 0) is 47.5 Å². The van der Waals surface area contributed by atoms with Crippen molar-refractivity contribution >= 4 is 23.5 Å². The highest BCUT2D eigenvalue weighted by Gasteiger charge is 2.23. The van der Waals surface area contributed by atoms with Gasteiger partial charge in [-0.1, -0.05) is 181 Å². The second kappa shape index (κ2) is 14.9. The largest absolute Gasteiger partial charge is 0.228 e. The lowest BCUT2D eigenvalue weighted by molar-refractivity contribution is 1.16. The summed E-state index contributed by atoms with van der Waals surface area (Å²) >= 11 is 3.66. The maximum Gasteiger partial charge on any atom is 0.160 e. The second-order valence-electron chi connectivity index (χ2n) is 13.4. The Balaban J connectivity index is 1.22. The number of nitrogens with zero attached hydrogens (tertiary/aromatic N) is 4. The summed E-state index contributed by atoms with van der Waals surface area (Å²) < 4.78 is 0. The average molecular weight is 753 g/mol. The highest BCUT2D eigenvalue weighted by molar-refractivity contribution is 8.05. The average Bonchev–Trinajstić information content (AvgIpc) is 3.29. The molecular formula is C50H32N4S2. The summed E-state index contributed by atoms with van der Waals surface area (Å²) in [5.74, 6) is 1.35. The van der Waals surface area contributed by atoms with Gasteiger partial charge in [0, 0.05) is 53.0 Å². The molecule has 0 bridgehead atoms. The van der Waals surface area contributed by atoms with Gasteiger partial charge in [-0.3, -0.25) is 0 Å². The molecule has 4 nitrogen and oxygen atoms in total. The maximum atomic E-state index is 5.34. The van der Waals surface area contributed by atoms with E-state index in [4.69, 9.17) is 19.9 Å². The van der Waals surface area contributed by atoms with E-state index in [0.717, 1.165) is 67.3 Å². The predicted molar refractivity (Wildman–Crippen MR) is 230 cm³/mol. The Hall–Kier alpha value is -6.60. The van der Waals surface area contributed by atoms with Crippen molar-refractivity contribution in [2.24, 2.45) is 0 Å². The van der Waals surface area contributed by atoms with E-state index in [1.807, 2.05) is 84.2 Å². The molecular weight excluding hydrogens is 721 g/mol. The fourth-order valence-corrected chi connectivity index (χ4v) is 9.43. The standard InChI is InChI=1S/C50H32N4S2/c1-5-16-33(17-6-1)41-31-43(53-49(51-41)35-20-9-3-10-21-35)37-28-29-38(39-24-15-27-47-48(39)56-46-26-14-13-25-45(46)55-47)40(30-37)44-32-42(34-18-7-2-8-19-34)52-50(54-44)36-22-11-4-12-23-36/h1-32H. The van der Waals surface area contributed by atoms with Crippen molar-refractivity contribution in [1.82, 2.24) is 19.9 Å². The Labute approximate surface area is 334 Å². The van der Waals surface area contributed by atoms with E-state index in [1.165, 1.54) is 19.6 Å². The highest BCUT2D eigenvalue weighted by Crippen LogP contribution is 2.53. The molecule has 7 aromatic carbocycles. The third-order valence-electron chi connectivity index (χ3n) is 9.80. The zero-order valence-corrected chi connectivity index (χ0v) is 31.7. The minimum Gasteiger partial charge on any atom is -0.228 e. The van der Waals surface area contributed by atoms with Crippen LogP contribution in [0.2, 0.25) is 0 Å². The molecule has 2 aromatic heterocycles. The Bertz CT molecular complexity index is 2730. The van der Waals surface area contributed by atoms with Gasteiger partial charge in [-0.25, -0.2) is 19.9 Å². The molecule has 0 aliphatic carbocycles. The first-order chi connectivity index (χ1) is 27.7. The Morgan fingerprint density at radius 1 is 0.268 bits per heavy atom. The summed E-state index contributed by atoms with van der Waals surface area (Å²) in [4.78, 5) is 25.8. The molecule has 10 rings (SSSR count). The van der Waals surface area contributed by atoms with Crippen molar-refractivity contribution in [3.63, 3.8) is 0 Å². The summed E-state index contributed by atoms with van der Waals surface area (Å²) in [5.41, 5.74) is 11.6. The zero-order valence-electron chi connectivity index (χ0n) is 30.1. The monoisotopic (exact) mass is 752 g/mol. The predicted octanol–water partition coefficient (Wildman–Crippen LogP) is 13.6. The van der Waals surface area contributed by atoms with Crippen LogP contribution in [-0.2, 0) is 0 Å². The van der Waals surface area contributed by atoms with E-state index in [9.17, 15) is 0 Å². The van der Waals surface area contributed by atoms with E-state index in [2.05, 4.69) is 133 Å². The first-order valence-corrected chi connectivity index (χ1v) is 20.1. The normalized spacial score (nSPS) is 11.8. The number of hydrogen-bond acceptors (Lipinski definition) is 6. The summed E-state index contributed by atoms with van der Waals surface area (Å²) in [6, 6.07) is 67.3. The van der Waals surface area contributed by atoms with E-state index < -0.39 is 0 Å². The molecule has 9 aromatic rings. The molecule has 3 heterocycles. The van der Waals surface area contributed by atoms with Gasteiger partial charge in [0.2, 0.25) is 0 Å². The topological polar surface area (TPSA) is 51.6 Å². The van der Waals surface area contributed by atoms with Crippen LogP contribution in [0.5, 0.6) is 0 Å². The molecule has 0 radical (unpaired) electrons. The summed E-state index contributed by atoms with van der Waals surface area (Å²) in [6.45, 7) is 0. The van der Waals surface area contributed by atoms with Crippen LogP contribution in [-0.4, -0.2) is 19.9 Å². The molecule has 0 atom stereocenters. The number of fused-ring (bicyclic) bond motifs is 2. The zero-order chi connectivity index (χ0) is 37.3. The van der Waals surface area contributed by atoms with Crippen molar-refractivity contribution in [2.45, 2.75) is 19.6 Å². The van der Waals surface area contributed by atoms with Gasteiger partial charge in [0.25, 0.3) is 0 Å². The molecule has 56 heavy (non-hydrogen) atoms. The minimum absolute atomic E-state index is 0.673. The van der Waals surface area contributed by atoms with Gasteiger partial charge < -0.3 is 0 Å². The molecule has 0 saturated heterocycles. The number of rotatable bonds is 7. The third kappa shape index (κ3) is 6.70. The van der Waals surface area contributed by atoms with Crippen molar-refractivity contribution < 1.29 is 0 Å². The molecule has 264 valence electrons. The van der Waals surface area contributed by atoms with Gasteiger partial charge in [-0.2, -0.15) is 0 Å². The van der Waals surface area contributed by atoms with Crippen LogP contribution in [0, 0.1) is 0 Å². The molecule has 0 saturated carbocycles. The fourth-order valence-electron chi connectivity index (χ4n) is 7.04. The first-order valence-electron chi connectivity index (χ1n) is 18.5. The van der Waals surface area contributed by atoms with Crippen LogP contribution in [0.1, 0.15) is 0 Å². The van der Waals surface area contributed by atoms with Gasteiger partial charge in [0.15, 0.2) is 11.6 Å². The Kier molecular flexibility index (Phi) is 9.03. The van der Waals surface area contributed by atoms with E-state index in [1.54, 1.807) is 0 Å². The van der Waals surface area contributed by atoms with Crippen LogP contribution >= 0.6 is 23.5 Å². The van der Waals surface area contributed by atoms with Crippen LogP contribution < -0.4 is 0 Å². The van der Waals surface area contributed by atoms with Gasteiger partial charge in [-0.15, -0.1) is 0 Å². The molecule has 0 spiro atoms. The quantitative estimate of drug-likeness (QED) is 0.162. The minimum atomic E-state index is 0.673. The molecule has 6 heteroatoms. The molecule has 1 aliphatic rings. The first kappa shape index (κ1) is 33.9. The molecule has 0 amide bonds. The van der Waals surface area contributed by atoms with Crippen molar-refractivity contribution in [3.05, 3.63) is 194 Å². The Morgan fingerprint density at radius 2 is 0.714 bits per heavy atom. The van der Waals surface area contributed by atoms with E-state index >= 15 is 0 Å². The van der Waals surface area contributed by atoms with Crippen LogP contribution in [0.3, 0.4) is 0 Å². The van der Waals surface area contributed by atoms with Gasteiger partial charge in [0.1, 0.15) is 0 Å². The van der Waals surface area contributed by atoms with Gasteiger partial charge >= 0.3 is 0 Å². The number of aromatic nitrogens is 4. The summed E-state index contributed by atoms with van der Waals surface area (Å²) in [5, 5.41) is 0. The van der Waals surface area contributed by atoms with Crippen LogP contribution in [0.25, 0.3) is 78.9 Å². The van der Waals surface area contributed by atoms with Crippen LogP contribution in [0.15, 0.2) is 214 Å². The van der Waals surface area contributed by atoms with Crippen molar-refractivity contribution in [2.75, 3.05) is 0 Å². The van der Waals surface area contributed by atoms with E-state index in [-0.39, 0.29) is 0 Å². The lowest BCUT2D eigenvalue weighted by Crippen LogP contribution is -1.99. The highest BCUT2D eigenvalue weighted by atomic mass is 32.2. The lowest BCUT2D eigenvalue weighted by Gasteiger charge is -2.22. The van der Waals surface area contributed by atoms with E-state index in [0.29, 0.717) is 11.6 Å². The lowest BCUT2D eigenvalue weighted by atomic mass is 9.93. The fraction of sp³-hybridized carbons (Fsp3) is 0. The Morgan fingerprint density at radius 3 is 1.29 bits per heavy atom. The van der Waals surface area contributed by atoms with Crippen molar-refractivity contribution in [1.29, 1.82) is 0 Å². The van der Waals surface area contributed by atoms with Gasteiger partial charge in [0.05, 0.1) is 22.8 Å². The smallest absolute Gasteiger partial charge is 0.160 e. The number of benzene rings is 7. The molecule has 0 fully saturated rings. The SMILES string of the molecule is c1ccc(-c2cc(-c3ccc(-c4cccc5c4Sc4ccccc4S5)c(-c4cc(-c5ccccc5)nc(-c5ccccc5)n4)c3)nc(-c3ccccc3)n2)cc1. The summed E-state index contributed by atoms with van der Waals surface area (Å²) in [6.07, 6.45) is 0. The maximum absolute atomic E-state index is 5.34. The van der Waals surface area contributed by atoms with Crippen LogP contribution in [0.4, 0.5) is 0 Å². The molecule has 1 aliphatic heterocycles. The third-order valence-corrected chi connectivity index (χ3v) is 12.4. The second-order valence-corrected chi connectivity index (χ2v) is 15.6. The molecule has 0 unspecified atom stereocenters. The number of hydrogen-bond donors (Lipinski definition) is 0.